The van der Waals surface area contributed by atoms with E-state index in [0.717, 1.165) is 41.9 Å². The van der Waals surface area contributed by atoms with Crippen LogP contribution < -0.4 is 10.1 Å². The lowest BCUT2D eigenvalue weighted by molar-refractivity contribution is 0.407. The molecule has 1 heterocycles. The van der Waals surface area contributed by atoms with E-state index in [-0.39, 0.29) is 0 Å². The molecule has 2 rings (SSSR count). The second-order valence-corrected chi connectivity index (χ2v) is 3.80. The quantitative estimate of drug-likeness (QED) is 0.785. The summed E-state index contributed by atoms with van der Waals surface area (Å²) in [5, 5.41) is 4.24. The zero-order valence-electron chi connectivity index (χ0n) is 9.75. The van der Waals surface area contributed by atoms with Gasteiger partial charge in [0, 0.05) is 11.8 Å². The average Bonchev–Trinajstić information content (AvgIpc) is 2.71. The fraction of sp³-hybridized carbons (Fsp3) is 0.385. The number of rotatable bonds is 5. The van der Waals surface area contributed by atoms with Gasteiger partial charge < -0.3 is 14.5 Å². The maximum atomic E-state index is 5.78. The number of nitrogens with one attached hydrogen (secondary N) is 1. The van der Waals surface area contributed by atoms with Gasteiger partial charge in [-0.2, -0.15) is 0 Å². The van der Waals surface area contributed by atoms with Gasteiger partial charge in [0.1, 0.15) is 5.76 Å². The van der Waals surface area contributed by atoms with Gasteiger partial charge in [-0.1, -0.05) is 12.1 Å². The standard InChI is InChI=1S/C13H17NO2/c1-14-8-4-6-11-9-10-5-3-7-12(15-2)13(10)16-11/h3,5,7,9,14H,4,6,8H2,1-2H3. The molecular formula is C13H17NO2. The molecule has 0 saturated heterocycles. The first kappa shape index (κ1) is 11.0. The highest BCUT2D eigenvalue weighted by Crippen LogP contribution is 2.28. The molecule has 0 unspecified atom stereocenters. The second-order valence-electron chi connectivity index (χ2n) is 3.80. The Balaban J connectivity index is 2.22. The number of ether oxygens (including phenoxy) is 1. The van der Waals surface area contributed by atoms with Crippen molar-refractivity contribution >= 4 is 11.0 Å². The number of methoxy groups -OCH3 is 1. The number of aryl methyl sites for hydroxylation is 1. The number of para-hydroxylation sites is 1. The highest BCUT2D eigenvalue weighted by Gasteiger charge is 2.07. The lowest BCUT2D eigenvalue weighted by Crippen LogP contribution is -2.07. The highest BCUT2D eigenvalue weighted by molar-refractivity contribution is 5.83. The van der Waals surface area contributed by atoms with E-state index < -0.39 is 0 Å². The molecule has 0 aliphatic carbocycles. The fourth-order valence-corrected chi connectivity index (χ4v) is 1.81. The smallest absolute Gasteiger partial charge is 0.176 e. The Morgan fingerprint density at radius 1 is 1.38 bits per heavy atom. The predicted molar refractivity (Wildman–Crippen MR) is 65.0 cm³/mol. The van der Waals surface area contributed by atoms with Crippen LogP contribution in [0.3, 0.4) is 0 Å². The van der Waals surface area contributed by atoms with Crippen molar-refractivity contribution in [2.24, 2.45) is 0 Å². The molecule has 0 aliphatic heterocycles. The molecule has 0 spiro atoms. The Labute approximate surface area is 95.4 Å². The molecule has 0 fully saturated rings. The third-order valence-corrected chi connectivity index (χ3v) is 2.63. The maximum absolute atomic E-state index is 5.78. The molecule has 0 atom stereocenters. The summed E-state index contributed by atoms with van der Waals surface area (Å²) in [6.07, 6.45) is 2.04. The number of fused-ring (bicyclic) bond motifs is 1. The molecule has 0 aliphatic rings. The molecule has 3 nitrogen and oxygen atoms in total. The molecule has 2 aromatic rings. The van der Waals surface area contributed by atoms with Gasteiger partial charge in [0.05, 0.1) is 7.11 Å². The maximum Gasteiger partial charge on any atom is 0.176 e. The molecule has 1 aromatic heterocycles. The van der Waals surface area contributed by atoms with Crippen molar-refractivity contribution < 1.29 is 9.15 Å². The number of benzene rings is 1. The van der Waals surface area contributed by atoms with E-state index in [1.165, 1.54) is 0 Å². The lowest BCUT2D eigenvalue weighted by Gasteiger charge is -1.99. The van der Waals surface area contributed by atoms with Crippen molar-refractivity contribution in [2.75, 3.05) is 20.7 Å². The zero-order valence-corrected chi connectivity index (χ0v) is 9.75. The van der Waals surface area contributed by atoms with Crippen molar-refractivity contribution in [3.8, 4) is 5.75 Å². The third-order valence-electron chi connectivity index (χ3n) is 2.63. The van der Waals surface area contributed by atoms with Crippen LogP contribution in [0.2, 0.25) is 0 Å². The molecule has 86 valence electrons. The van der Waals surface area contributed by atoms with E-state index in [1.807, 2.05) is 25.2 Å². The molecule has 0 amide bonds. The molecule has 0 bridgehead atoms. The van der Waals surface area contributed by atoms with Gasteiger partial charge in [-0.25, -0.2) is 0 Å². The summed E-state index contributed by atoms with van der Waals surface area (Å²) in [6, 6.07) is 8.04. The molecule has 1 aromatic carbocycles. The molecule has 0 saturated carbocycles. The van der Waals surface area contributed by atoms with Gasteiger partial charge in [0.15, 0.2) is 11.3 Å². The summed E-state index contributed by atoms with van der Waals surface area (Å²) < 4.78 is 11.0. The second kappa shape index (κ2) is 5.03. The van der Waals surface area contributed by atoms with E-state index in [0.29, 0.717) is 0 Å². The summed E-state index contributed by atoms with van der Waals surface area (Å²) in [5.41, 5.74) is 0.851. The Morgan fingerprint density at radius 3 is 3.00 bits per heavy atom. The number of furan rings is 1. The molecule has 1 N–H and O–H groups in total. The van der Waals surface area contributed by atoms with Gasteiger partial charge in [0.25, 0.3) is 0 Å². The van der Waals surface area contributed by atoms with Crippen LogP contribution in [0.15, 0.2) is 28.7 Å². The average molecular weight is 219 g/mol. The SMILES string of the molecule is CNCCCc1cc2cccc(OC)c2o1. The Bertz CT molecular complexity index is 462. The van der Waals surface area contributed by atoms with Crippen LogP contribution in [0.1, 0.15) is 12.2 Å². The molecule has 0 radical (unpaired) electrons. The lowest BCUT2D eigenvalue weighted by atomic mass is 10.2. The Morgan fingerprint density at radius 2 is 2.25 bits per heavy atom. The van der Waals surface area contributed by atoms with Crippen molar-refractivity contribution in [3.05, 3.63) is 30.0 Å². The van der Waals surface area contributed by atoms with Crippen LogP contribution in [-0.4, -0.2) is 20.7 Å². The van der Waals surface area contributed by atoms with Gasteiger partial charge in [-0.15, -0.1) is 0 Å². The minimum atomic E-state index is 0.803. The van der Waals surface area contributed by atoms with Crippen molar-refractivity contribution in [3.63, 3.8) is 0 Å². The monoisotopic (exact) mass is 219 g/mol. The fourth-order valence-electron chi connectivity index (χ4n) is 1.81. The van der Waals surface area contributed by atoms with Crippen LogP contribution in [0.25, 0.3) is 11.0 Å². The summed E-state index contributed by atoms with van der Waals surface area (Å²) in [5.74, 6) is 1.83. The Hall–Kier alpha value is -1.48. The summed E-state index contributed by atoms with van der Waals surface area (Å²) >= 11 is 0. The van der Waals surface area contributed by atoms with Crippen LogP contribution in [0.4, 0.5) is 0 Å². The predicted octanol–water partition coefficient (Wildman–Crippen LogP) is 2.59. The molecule has 16 heavy (non-hydrogen) atoms. The minimum absolute atomic E-state index is 0.803. The van der Waals surface area contributed by atoms with Crippen molar-refractivity contribution in [1.29, 1.82) is 0 Å². The first-order chi connectivity index (χ1) is 7.85. The Kier molecular flexibility index (Phi) is 3.47. The van der Waals surface area contributed by atoms with E-state index in [9.17, 15) is 0 Å². The third kappa shape index (κ3) is 2.19. The highest BCUT2D eigenvalue weighted by atomic mass is 16.5. The van der Waals surface area contributed by atoms with E-state index in [4.69, 9.17) is 9.15 Å². The molecule has 3 heteroatoms. The van der Waals surface area contributed by atoms with Gasteiger partial charge >= 0.3 is 0 Å². The van der Waals surface area contributed by atoms with Gasteiger partial charge in [0.2, 0.25) is 0 Å². The van der Waals surface area contributed by atoms with Gasteiger partial charge in [-0.3, -0.25) is 0 Å². The minimum Gasteiger partial charge on any atom is -0.493 e. The van der Waals surface area contributed by atoms with Crippen LogP contribution in [0, 0.1) is 0 Å². The largest absolute Gasteiger partial charge is 0.493 e. The van der Waals surface area contributed by atoms with Crippen LogP contribution in [0.5, 0.6) is 5.75 Å². The zero-order chi connectivity index (χ0) is 11.4. The topological polar surface area (TPSA) is 34.4 Å². The summed E-state index contributed by atoms with van der Waals surface area (Å²) in [4.78, 5) is 0. The number of hydrogen-bond acceptors (Lipinski definition) is 3. The normalized spacial score (nSPS) is 10.9. The van der Waals surface area contributed by atoms with Crippen molar-refractivity contribution in [1.82, 2.24) is 5.32 Å². The first-order valence-electron chi connectivity index (χ1n) is 5.55. The number of hydrogen-bond donors (Lipinski definition) is 1. The van der Waals surface area contributed by atoms with E-state index in [2.05, 4.69) is 11.4 Å². The summed E-state index contributed by atoms with van der Waals surface area (Å²) in [7, 11) is 3.62. The summed E-state index contributed by atoms with van der Waals surface area (Å²) in [6.45, 7) is 1.01. The van der Waals surface area contributed by atoms with Crippen LogP contribution in [-0.2, 0) is 6.42 Å². The first-order valence-corrected chi connectivity index (χ1v) is 5.55. The van der Waals surface area contributed by atoms with Crippen molar-refractivity contribution in [2.45, 2.75) is 12.8 Å². The van der Waals surface area contributed by atoms with Gasteiger partial charge in [-0.05, 0) is 32.1 Å². The van der Waals surface area contributed by atoms with E-state index in [1.54, 1.807) is 7.11 Å². The van der Waals surface area contributed by atoms with E-state index >= 15 is 0 Å². The molecular weight excluding hydrogens is 202 g/mol. The van der Waals surface area contributed by atoms with Crippen LogP contribution >= 0.6 is 0 Å².